The molecule has 2 atom stereocenters. The van der Waals surface area contributed by atoms with Crippen molar-refractivity contribution >= 4 is 22.6 Å². The van der Waals surface area contributed by atoms with Crippen molar-refractivity contribution in [3.8, 4) is 0 Å². The number of carbonyl (C=O) groups is 1. The standard InChI is InChI=1S/C24H26N4O/c29-24(26-16-20-8-5-11-25-23(20)28-12-3-4-13-28)27-22-15-21(22)19-10-9-17-6-1-2-7-18(17)14-19/h1-2,5-11,14,21-22H,3-4,12-13,15-16H2,(H2,26,27,29)/t21-,22+/m0/s1. The maximum absolute atomic E-state index is 12.4. The Morgan fingerprint density at radius 3 is 2.72 bits per heavy atom. The third kappa shape index (κ3) is 3.90. The molecular weight excluding hydrogens is 360 g/mol. The number of benzene rings is 2. The molecule has 1 saturated carbocycles. The Morgan fingerprint density at radius 2 is 1.86 bits per heavy atom. The molecule has 2 aromatic carbocycles. The van der Waals surface area contributed by atoms with Gasteiger partial charge in [0.1, 0.15) is 5.82 Å². The minimum absolute atomic E-state index is 0.102. The normalized spacial score (nSPS) is 20.6. The number of fused-ring (bicyclic) bond motifs is 1. The van der Waals surface area contributed by atoms with Crippen molar-refractivity contribution in [2.45, 2.75) is 37.8 Å². The van der Waals surface area contributed by atoms with Gasteiger partial charge in [-0.05, 0) is 41.7 Å². The first-order valence-corrected chi connectivity index (χ1v) is 10.5. The molecule has 0 bridgehead atoms. The molecule has 3 aromatic rings. The number of hydrogen-bond donors (Lipinski definition) is 2. The second-order valence-electron chi connectivity index (χ2n) is 8.06. The number of hydrogen-bond acceptors (Lipinski definition) is 3. The van der Waals surface area contributed by atoms with E-state index in [-0.39, 0.29) is 12.1 Å². The highest BCUT2D eigenvalue weighted by atomic mass is 16.2. The number of nitrogens with zero attached hydrogens (tertiary/aromatic N) is 2. The largest absolute Gasteiger partial charge is 0.356 e. The summed E-state index contributed by atoms with van der Waals surface area (Å²) in [7, 11) is 0. The Labute approximate surface area is 171 Å². The fourth-order valence-electron chi connectivity index (χ4n) is 4.34. The van der Waals surface area contributed by atoms with Gasteiger partial charge < -0.3 is 15.5 Å². The molecule has 0 radical (unpaired) electrons. The molecule has 5 rings (SSSR count). The van der Waals surface area contributed by atoms with Crippen LogP contribution in [-0.4, -0.2) is 30.1 Å². The molecule has 148 valence electrons. The van der Waals surface area contributed by atoms with E-state index in [4.69, 9.17) is 0 Å². The Hall–Kier alpha value is -3.08. The zero-order valence-corrected chi connectivity index (χ0v) is 16.5. The highest BCUT2D eigenvalue weighted by Gasteiger charge is 2.39. The van der Waals surface area contributed by atoms with Crippen molar-refractivity contribution in [3.63, 3.8) is 0 Å². The molecule has 29 heavy (non-hydrogen) atoms. The van der Waals surface area contributed by atoms with E-state index in [1.54, 1.807) is 0 Å². The van der Waals surface area contributed by atoms with E-state index in [0.717, 1.165) is 30.9 Å². The summed E-state index contributed by atoms with van der Waals surface area (Å²) in [6.07, 6.45) is 5.25. The summed E-state index contributed by atoms with van der Waals surface area (Å²) in [6.45, 7) is 2.59. The van der Waals surface area contributed by atoms with Gasteiger partial charge in [0.25, 0.3) is 0 Å². The number of urea groups is 1. The predicted molar refractivity (Wildman–Crippen MR) is 116 cm³/mol. The van der Waals surface area contributed by atoms with Gasteiger partial charge in [-0.3, -0.25) is 0 Å². The van der Waals surface area contributed by atoms with E-state index in [1.165, 1.54) is 29.2 Å². The van der Waals surface area contributed by atoms with E-state index < -0.39 is 0 Å². The van der Waals surface area contributed by atoms with Crippen LogP contribution in [0.15, 0.2) is 60.8 Å². The quantitative estimate of drug-likeness (QED) is 0.691. The van der Waals surface area contributed by atoms with E-state index in [9.17, 15) is 4.79 Å². The molecule has 1 aliphatic heterocycles. The molecule has 2 heterocycles. The molecule has 5 heteroatoms. The van der Waals surface area contributed by atoms with Crippen molar-refractivity contribution in [1.29, 1.82) is 0 Å². The van der Waals surface area contributed by atoms with Crippen molar-refractivity contribution in [1.82, 2.24) is 15.6 Å². The average Bonchev–Trinajstić information content (AvgIpc) is 3.30. The van der Waals surface area contributed by atoms with Crippen LogP contribution in [0.4, 0.5) is 10.6 Å². The molecule has 2 N–H and O–H groups in total. The van der Waals surface area contributed by atoms with Crippen molar-refractivity contribution < 1.29 is 4.79 Å². The van der Waals surface area contributed by atoms with Crippen LogP contribution in [0.25, 0.3) is 10.8 Å². The second kappa shape index (κ2) is 7.74. The Balaban J connectivity index is 1.17. The van der Waals surface area contributed by atoms with Gasteiger partial charge in [-0.2, -0.15) is 0 Å². The minimum atomic E-state index is -0.102. The highest BCUT2D eigenvalue weighted by molar-refractivity contribution is 5.83. The molecule has 2 amide bonds. The van der Waals surface area contributed by atoms with E-state index in [0.29, 0.717) is 12.5 Å². The fraction of sp³-hybridized carbons (Fsp3) is 0.333. The third-order valence-electron chi connectivity index (χ3n) is 6.02. The first kappa shape index (κ1) is 18.0. The van der Waals surface area contributed by atoms with Gasteiger partial charge in [-0.25, -0.2) is 9.78 Å². The van der Waals surface area contributed by atoms with E-state index in [1.807, 2.05) is 12.3 Å². The zero-order valence-electron chi connectivity index (χ0n) is 16.5. The van der Waals surface area contributed by atoms with Crippen LogP contribution in [0.2, 0.25) is 0 Å². The molecular formula is C24H26N4O. The maximum atomic E-state index is 12.4. The lowest BCUT2D eigenvalue weighted by atomic mass is 10.0. The lowest BCUT2D eigenvalue weighted by molar-refractivity contribution is 0.240. The van der Waals surface area contributed by atoms with Crippen molar-refractivity contribution in [2.24, 2.45) is 0 Å². The first-order chi connectivity index (χ1) is 14.3. The zero-order chi connectivity index (χ0) is 19.6. The van der Waals surface area contributed by atoms with Gasteiger partial charge in [-0.15, -0.1) is 0 Å². The summed E-state index contributed by atoms with van der Waals surface area (Å²) in [5.74, 6) is 1.41. The van der Waals surface area contributed by atoms with Gasteiger partial charge in [0, 0.05) is 43.4 Å². The van der Waals surface area contributed by atoms with Crippen LogP contribution >= 0.6 is 0 Å². The summed E-state index contributed by atoms with van der Waals surface area (Å²) >= 11 is 0. The molecule has 0 spiro atoms. The van der Waals surface area contributed by atoms with Crippen LogP contribution in [0.1, 0.15) is 36.3 Å². The summed E-state index contributed by atoms with van der Waals surface area (Å²) in [5, 5.41) is 8.65. The number of amides is 2. The molecule has 0 unspecified atom stereocenters. The van der Waals surface area contributed by atoms with E-state index in [2.05, 4.69) is 69.0 Å². The number of carbonyl (C=O) groups excluding carboxylic acids is 1. The minimum Gasteiger partial charge on any atom is -0.356 e. The topological polar surface area (TPSA) is 57.3 Å². The highest BCUT2D eigenvalue weighted by Crippen LogP contribution is 2.41. The van der Waals surface area contributed by atoms with Crippen LogP contribution in [0.3, 0.4) is 0 Å². The smallest absolute Gasteiger partial charge is 0.315 e. The molecule has 5 nitrogen and oxygen atoms in total. The number of rotatable bonds is 5. The summed E-state index contributed by atoms with van der Waals surface area (Å²) in [6, 6.07) is 19.1. The van der Waals surface area contributed by atoms with E-state index >= 15 is 0 Å². The fourth-order valence-corrected chi connectivity index (χ4v) is 4.34. The third-order valence-corrected chi connectivity index (χ3v) is 6.02. The molecule has 2 aliphatic rings. The van der Waals surface area contributed by atoms with Crippen molar-refractivity contribution in [3.05, 3.63) is 71.9 Å². The first-order valence-electron chi connectivity index (χ1n) is 10.5. The number of nitrogens with one attached hydrogen (secondary N) is 2. The van der Waals surface area contributed by atoms with Gasteiger partial charge in [0.05, 0.1) is 0 Å². The van der Waals surface area contributed by atoms with Gasteiger partial charge in [0.15, 0.2) is 0 Å². The predicted octanol–water partition coefficient (Wildman–Crippen LogP) is 4.19. The molecule has 1 aliphatic carbocycles. The van der Waals surface area contributed by atoms with Crippen LogP contribution < -0.4 is 15.5 Å². The lowest BCUT2D eigenvalue weighted by Crippen LogP contribution is -2.37. The monoisotopic (exact) mass is 386 g/mol. The van der Waals surface area contributed by atoms with Crippen molar-refractivity contribution in [2.75, 3.05) is 18.0 Å². The maximum Gasteiger partial charge on any atom is 0.315 e. The number of anilines is 1. The Kier molecular flexibility index (Phi) is 4.80. The molecule has 1 aromatic heterocycles. The van der Waals surface area contributed by atoms with Crippen LogP contribution in [0, 0.1) is 0 Å². The van der Waals surface area contributed by atoms with Crippen LogP contribution in [0.5, 0.6) is 0 Å². The SMILES string of the molecule is O=C(NCc1cccnc1N1CCCC1)N[C@@H]1C[C@H]1c1ccc2ccccc2c1. The lowest BCUT2D eigenvalue weighted by Gasteiger charge is -2.20. The van der Waals surface area contributed by atoms with Gasteiger partial charge in [-0.1, -0.05) is 48.5 Å². The number of pyridine rings is 1. The second-order valence-corrected chi connectivity index (χ2v) is 8.06. The molecule has 2 fully saturated rings. The Morgan fingerprint density at radius 1 is 1.03 bits per heavy atom. The average molecular weight is 386 g/mol. The van der Waals surface area contributed by atoms with Gasteiger partial charge in [0.2, 0.25) is 0 Å². The number of aromatic nitrogens is 1. The van der Waals surface area contributed by atoms with Crippen LogP contribution in [-0.2, 0) is 6.54 Å². The molecule has 1 saturated heterocycles. The summed E-state index contributed by atoms with van der Waals surface area (Å²) < 4.78 is 0. The Bertz CT molecular complexity index is 1030. The summed E-state index contributed by atoms with van der Waals surface area (Å²) in [5.41, 5.74) is 2.38. The summed E-state index contributed by atoms with van der Waals surface area (Å²) in [4.78, 5) is 19.3. The van der Waals surface area contributed by atoms with Gasteiger partial charge >= 0.3 is 6.03 Å².